The molecular weight excluding hydrogens is 456 g/mol. The quantitative estimate of drug-likeness (QED) is 0.537. The molecule has 0 bridgehead atoms. The number of anilines is 2. The summed E-state index contributed by atoms with van der Waals surface area (Å²) in [4.78, 5) is 37.4. The summed E-state index contributed by atoms with van der Waals surface area (Å²) in [5.41, 5.74) is 0.853. The van der Waals surface area contributed by atoms with E-state index in [-0.39, 0.29) is 22.5 Å². The molecular formula is C22H15F2N3O5S. The maximum atomic E-state index is 13.3. The first-order valence-electron chi connectivity index (χ1n) is 9.49. The third kappa shape index (κ3) is 4.44. The van der Waals surface area contributed by atoms with E-state index in [2.05, 4.69) is 10.0 Å². The number of amides is 3. The molecule has 33 heavy (non-hydrogen) atoms. The molecule has 0 atom stereocenters. The van der Waals surface area contributed by atoms with Crippen LogP contribution in [-0.2, 0) is 14.8 Å². The van der Waals surface area contributed by atoms with E-state index in [1.54, 1.807) is 12.1 Å². The predicted octanol–water partition coefficient (Wildman–Crippen LogP) is 3.00. The molecule has 0 saturated heterocycles. The number of halogens is 2. The summed E-state index contributed by atoms with van der Waals surface area (Å²) in [6.45, 7) is -0.489. The number of nitrogens with one attached hydrogen (secondary N) is 2. The van der Waals surface area contributed by atoms with Crippen LogP contribution < -0.4 is 10.0 Å². The first-order valence-corrected chi connectivity index (χ1v) is 11.0. The van der Waals surface area contributed by atoms with E-state index in [0.29, 0.717) is 12.1 Å². The first kappa shape index (κ1) is 22.1. The van der Waals surface area contributed by atoms with Crippen molar-refractivity contribution in [3.8, 4) is 0 Å². The largest absolute Gasteiger partial charge is 0.325 e. The Kier molecular flexibility index (Phi) is 5.64. The van der Waals surface area contributed by atoms with Crippen LogP contribution in [0.3, 0.4) is 0 Å². The highest BCUT2D eigenvalue weighted by Gasteiger charge is 2.36. The zero-order valence-electron chi connectivity index (χ0n) is 16.7. The topological polar surface area (TPSA) is 113 Å². The average molecular weight is 471 g/mol. The fourth-order valence-electron chi connectivity index (χ4n) is 3.21. The van der Waals surface area contributed by atoms with Gasteiger partial charge in [-0.15, -0.1) is 0 Å². The van der Waals surface area contributed by atoms with Crippen LogP contribution in [-0.4, -0.2) is 37.6 Å². The maximum absolute atomic E-state index is 13.3. The zero-order valence-corrected chi connectivity index (χ0v) is 17.5. The molecule has 4 rings (SSSR count). The van der Waals surface area contributed by atoms with Crippen LogP contribution in [0.25, 0.3) is 0 Å². The van der Waals surface area contributed by atoms with Gasteiger partial charge in [-0.25, -0.2) is 17.2 Å². The Hall–Kier alpha value is -4.12. The van der Waals surface area contributed by atoms with Crippen molar-refractivity contribution in [3.63, 3.8) is 0 Å². The average Bonchev–Trinajstić information content (AvgIpc) is 3.02. The molecule has 11 heteroatoms. The Morgan fingerprint density at radius 1 is 0.818 bits per heavy atom. The minimum absolute atomic E-state index is 0.109. The summed E-state index contributed by atoms with van der Waals surface area (Å²) in [7, 11) is -4.17. The number of hydrogen-bond acceptors (Lipinski definition) is 5. The molecule has 0 saturated carbocycles. The van der Waals surface area contributed by atoms with E-state index in [9.17, 15) is 31.6 Å². The molecule has 0 aliphatic carbocycles. The van der Waals surface area contributed by atoms with E-state index in [0.717, 1.165) is 11.0 Å². The van der Waals surface area contributed by atoms with Crippen molar-refractivity contribution < 1.29 is 31.6 Å². The predicted molar refractivity (Wildman–Crippen MR) is 114 cm³/mol. The number of carbonyl (C=O) groups is 3. The van der Waals surface area contributed by atoms with E-state index in [1.165, 1.54) is 36.4 Å². The van der Waals surface area contributed by atoms with Gasteiger partial charge in [-0.1, -0.05) is 12.1 Å². The van der Waals surface area contributed by atoms with Gasteiger partial charge in [-0.05, 0) is 54.6 Å². The summed E-state index contributed by atoms with van der Waals surface area (Å²) in [6, 6.07) is 13.9. The van der Waals surface area contributed by atoms with Crippen molar-refractivity contribution in [2.75, 3.05) is 16.6 Å². The van der Waals surface area contributed by atoms with Crippen molar-refractivity contribution in [1.29, 1.82) is 0 Å². The van der Waals surface area contributed by atoms with E-state index < -0.39 is 50.8 Å². The number of benzene rings is 3. The molecule has 2 N–H and O–H groups in total. The van der Waals surface area contributed by atoms with Crippen molar-refractivity contribution in [3.05, 3.63) is 89.5 Å². The van der Waals surface area contributed by atoms with Crippen molar-refractivity contribution in [2.24, 2.45) is 0 Å². The maximum Gasteiger partial charge on any atom is 0.262 e. The minimum atomic E-state index is -4.17. The van der Waals surface area contributed by atoms with Crippen LogP contribution in [0.5, 0.6) is 0 Å². The summed E-state index contributed by atoms with van der Waals surface area (Å²) in [6.07, 6.45) is 0. The number of rotatable bonds is 6. The Labute approximate surface area is 186 Å². The second-order valence-corrected chi connectivity index (χ2v) is 8.73. The third-order valence-corrected chi connectivity index (χ3v) is 6.18. The van der Waals surface area contributed by atoms with Gasteiger partial charge in [0.15, 0.2) is 11.6 Å². The second-order valence-electron chi connectivity index (χ2n) is 7.05. The Bertz CT molecular complexity index is 1360. The van der Waals surface area contributed by atoms with Crippen molar-refractivity contribution in [1.82, 2.24) is 4.90 Å². The Balaban J connectivity index is 1.40. The highest BCUT2D eigenvalue weighted by molar-refractivity contribution is 7.92. The van der Waals surface area contributed by atoms with E-state index >= 15 is 0 Å². The molecule has 1 aliphatic heterocycles. The van der Waals surface area contributed by atoms with Gasteiger partial charge in [-0.2, -0.15) is 0 Å². The Morgan fingerprint density at radius 3 is 1.97 bits per heavy atom. The molecule has 3 aromatic rings. The molecule has 3 aromatic carbocycles. The lowest BCUT2D eigenvalue weighted by molar-refractivity contribution is -0.116. The van der Waals surface area contributed by atoms with Gasteiger partial charge in [0.05, 0.1) is 16.0 Å². The monoisotopic (exact) mass is 471 g/mol. The van der Waals surface area contributed by atoms with E-state index in [1.807, 2.05) is 0 Å². The molecule has 0 spiro atoms. The lowest BCUT2D eigenvalue weighted by atomic mass is 10.1. The van der Waals surface area contributed by atoms with Gasteiger partial charge in [0.1, 0.15) is 6.54 Å². The molecule has 1 heterocycles. The van der Waals surface area contributed by atoms with Gasteiger partial charge in [-0.3, -0.25) is 24.0 Å². The van der Waals surface area contributed by atoms with Gasteiger partial charge in [0.2, 0.25) is 5.91 Å². The lowest BCUT2D eigenvalue weighted by Gasteiger charge is -2.14. The summed E-state index contributed by atoms with van der Waals surface area (Å²) in [5.74, 6) is -4.22. The zero-order chi connectivity index (χ0) is 23.8. The van der Waals surface area contributed by atoms with Crippen LogP contribution in [0.15, 0.2) is 71.6 Å². The highest BCUT2D eigenvalue weighted by atomic mass is 32.2. The number of nitrogens with zero attached hydrogens (tertiary/aromatic N) is 1. The molecule has 0 unspecified atom stereocenters. The molecule has 3 amide bonds. The van der Waals surface area contributed by atoms with Crippen LogP contribution >= 0.6 is 0 Å². The summed E-state index contributed by atoms with van der Waals surface area (Å²) < 4.78 is 53.3. The fourth-order valence-corrected chi connectivity index (χ4v) is 4.28. The number of fused-ring (bicyclic) bond motifs is 1. The van der Waals surface area contributed by atoms with Gasteiger partial charge < -0.3 is 5.32 Å². The van der Waals surface area contributed by atoms with Crippen LogP contribution in [0, 0.1) is 11.6 Å². The lowest BCUT2D eigenvalue weighted by Crippen LogP contribution is -2.37. The van der Waals surface area contributed by atoms with Crippen LogP contribution in [0.2, 0.25) is 0 Å². The van der Waals surface area contributed by atoms with Crippen LogP contribution in [0.4, 0.5) is 20.2 Å². The number of imide groups is 1. The van der Waals surface area contributed by atoms with Crippen LogP contribution in [0.1, 0.15) is 20.7 Å². The molecule has 168 valence electrons. The second kappa shape index (κ2) is 8.43. The molecule has 0 fully saturated rings. The first-order chi connectivity index (χ1) is 15.7. The van der Waals surface area contributed by atoms with Gasteiger partial charge in [0, 0.05) is 11.4 Å². The molecule has 8 nitrogen and oxygen atoms in total. The summed E-state index contributed by atoms with van der Waals surface area (Å²) >= 11 is 0. The normalized spacial score (nSPS) is 13.1. The molecule has 1 aliphatic rings. The van der Waals surface area contributed by atoms with Crippen molar-refractivity contribution >= 4 is 39.1 Å². The SMILES string of the molecule is O=C(CN1C(=O)c2ccccc2C1=O)Nc1ccc(NS(=O)(=O)c2ccc(F)c(F)c2)cc1. The van der Waals surface area contributed by atoms with E-state index in [4.69, 9.17) is 0 Å². The smallest absolute Gasteiger partial charge is 0.262 e. The highest BCUT2D eigenvalue weighted by Crippen LogP contribution is 2.23. The number of sulfonamides is 1. The molecule has 0 radical (unpaired) electrons. The Morgan fingerprint density at radius 2 is 1.39 bits per heavy atom. The van der Waals surface area contributed by atoms with Gasteiger partial charge >= 0.3 is 0 Å². The van der Waals surface area contributed by atoms with Gasteiger partial charge in [0.25, 0.3) is 21.8 Å². The molecule has 0 aromatic heterocycles. The fraction of sp³-hybridized carbons (Fsp3) is 0.0455. The number of carbonyl (C=O) groups excluding carboxylic acids is 3. The minimum Gasteiger partial charge on any atom is -0.325 e. The third-order valence-electron chi connectivity index (χ3n) is 4.80. The van der Waals surface area contributed by atoms with Crippen molar-refractivity contribution in [2.45, 2.75) is 4.90 Å². The standard InChI is InChI=1S/C22H15F2N3O5S/c23-18-10-9-15(11-19(18)24)33(31,32)26-14-7-5-13(6-8-14)25-20(28)12-27-21(29)16-3-1-2-4-17(16)22(27)30/h1-11,26H,12H2,(H,25,28). The summed E-state index contributed by atoms with van der Waals surface area (Å²) in [5, 5.41) is 2.52. The number of hydrogen-bond donors (Lipinski definition) is 2.